The summed E-state index contributed by atoms with van der Waals surface area (Å²) < 4.78 is 27.9. The Morgan fingerprint density at radius 2 is 1.66 bits per heavy atom. The minimum absolute atomic E-state index is 0.130. The van der Waals surface area contributed by atoms with E-state index in [-0.39, 0.29) is 13.2 Å². The molecule has 186 valence electrons. The number of carbonyl (C=O) groups is 2. The van der Waals surface area contributed by atoms with Crippen molar-refractivity contribution in [3.05, 3.63) is 70.7 Å². The van der Waals surface area contributed by atoms with Gasteiger partial charge in [-0.25, -0.2) is 9.59 Å². The molecule has 0 spiro atoms. The number of methoxy groups -OCH3 is 2. The fourth-order valence-electron chi connectivity index (χ4n) is 3.44. The van der Waals surface area contributed by atoms with Gasteiger partial charge in [0, 0.05) is 6.54 Å². The predicted octanol–water partition coefficient (Wildman–Crippen LogP) is 4.42. The van der Waals surface area contributed by atoms with E-state index in [0.717, 1.165) is 11.1 Å². The molecule has 35 heavy (non-hydrogen) atoms. The van der Waals surface area contributed by atoms with Crippen LogP contribution in [0.2, 0.25) is 0 Å². The largest absolute Gasteiger partial charge is 0.496 e. The number of esters is 1. The van der Waals surface area contributed by atoms with Crippen LogP contribution in [-0.2, 0) is 25.4 Å². The van der Waals surface area contributed by atoms with Crippen molar-refractivity contribution in [2.24, 2.45) is 0 Å². The Labute approximate surface area is 206 Å². The highest BCUT2D eigenvalue weighted by Gasteiger charge is 2.52. The molecule has 1 amide bonds. The Kier molecular flexibility index (Phi) is 8.24. The van der Waals surface area contributed by atoms with Crippen LogP contribution in [0.25, 0.3) is 6.08 Å². The van der Waals surface area contributed by atoms with Gasteiger partial charge in [0.05, 0.1) is 25.4 Å². The van der Waals surface area contributed by atoms with E-state index in [1.54, 1.807) is 18.2 Å². The highest BCUT2D eigenvalue weighted by molar-refractivity contribution is 6.56. The molecule has 2 aromatic rings. The predicted molar refractivity (Wildman–Crippen MR) is 133 cm³/mol. The van der Waals surface area contributed by atoms with Crippen LogP contribution in [0.4, 0.5) is 4.79 Å². The van der Waals surface area contributed by atoms with Crippen molar-refractivity contribution in [3.8, 4) is 5.75 Å². The lowest BCUT2D eigenvalue weighted by molar-refractivity contribution is 0.00578. The SMILES string of the molecule is COC(=O)c1ccc(C=C(CNC(=O)OCc2ccccc2)B2OC(C)(C)C(C)(C)O2)cc1OC. The van der Waals surface area contributed by atoms with E-state index in [4.69, 9.17) is 23.5 Å². The average Bonchev–Trinajstić information content (AvgIpc) is 3.06. The molecule has 0 saturated carbocycles. The van der Waals surface area contributed by atoms with Gasteiger partial charge in [-0.2, -0.15) is 0 Å². The minimum atomic E-state index is -0.694. The lowest BCUT2D eigenvalue weighted by atomic mass is 9.77. The van der Waals surface area contributed by atoms with Crippen molar-refractivity contribution >= 4 is 25.3 Å². The van der Waals surface area contributed by atoms with Crippen molar-refractivity contribution in [2.45, 2.75) is 45.5 Å². The number of alkyl carbamates (subject to hydrolysis) is 1. The minimum Gasteiger partial charge on any atom is -0.496 e. The van der Waals surface area contributed by atoms with Gasteiger partial charge in [-0.05, 0) is 56.4 Å². The van der Waals surface area contributed by atoms with Crippen LogP contribution in [0.1, 0.15) is 49.2 Å². The van der Waals surface area contributed by atoms with E-state index in [1.165, 1.54) is 14.2 Å². The first kappa shape index (κ1) is 26.3. The molecular formula is C26H32BNO7. The molecule has 0 aromatic heterocycles. The van der Waals surface area contributed by atoms with E-state index in [9.17, 15) is 9.59 Å². The Hall–Kier alpha value is -3.30. The molecule has 1 saturated heterocycles. The lowest BCUT2D eigenvalue weighted by Crippen LogP contribution is -2.41. The van der Waals surface area contributed by atoms with Crippen molar-refractivity contribution in [2.75, 3.05) is 20.8 Å². The normalized spacial score (nSPS) is 16.5. The zero-order valence-corrected chi connectivity index (χ0v) is 21.0. The van der Waals surface area contributed by atoms with Crippen molar-refractivity contribution in [1.29, 1.82) is 0 Å². The number of amides is 1. The zero-order valence-electron chi connectivity index (χ0n) is 21.0. The zero-order chi connectivity index (χ0) is 25.6. The molecule has 0 aliphatic carbocycles. The van der Waals surface area contributed by atoms with Crippen molar-refractivity contribution in [1.82, 2.24) is 5.32 Å². The van der Waals surface area contributed by atoms with Gasteiger partial charge in [-0.1, -0.05) is 42.5 Å². The molecule has 2 aromatic carbocycles. The lowest BCUT2D eigenvalue weighted by Gasteiger charge is -2.32. The standard InChI is InChI=1S/C26H32BNO7/c1-25(2)26(3,4)35-27(34-25)20(16-28-24(30)33-17-18-10-8-7-9-11-18)14-19-12-13-21(23(29)32-6)22(15-19)31-5/h7-15H,16-17H2,1-6H3,(H,28,30). The Morgan fingerprint density at radius 3 is 2.26 bits per heavy atom. The van der Waals surface area contributed by atoms with Gasteiger partial charge >= 0.3 is 19.2 Å². The number of hydrogen-bond acceptors (Lipinski definition) is 7. The van der Waals surface area contributed by atoms with Crippen LogP contribution in [0, 0.1) is 0 Å². The van der Waals surface area contributed by atoms with E-state index in [0.29, 0.717) is 16.8 Å². The fourth-order valence-corrected chi connectivity index (χ4v) is 3.44. The number of benzene rings is 2. The molecule has 1 fully saturated rings. The molecule has 1 aliphatic heterocycles. The second kappa shape index (κ2) is 11.0. The Morgan fingerprint density at radius 1 is 1.00 bits per heavy atom. The van der Waals surface area contributed by atoms with Crippen LogP contribution < -0.4 is 10.1 Å². The number of ether oxygens (including phenoxy) is 3. The molecule has 0 unspecified atom stereocenters. The van der Waals surface area contributed by atoms with E-state index in [2.05, 4.69) is 5.32 Å². The maximum atomic E-state index is 12.4. The number of hydrogen-bond donors (Lipinski definition) is 1. The van der Waals surface area contributed by atoms with E-state index >= 15 is 0 Å². The second-order valence-electron chi connectivity index (χ2n) is 9.17. The van der Waals surface area contributed by atoms with Gasteiger partial charge in [0.2, 0.25) is 0 Å². The molecule has 1 heterocycles. The van der Waals surface area contributed by atoms with E-state index in [1.807, 2.05) is 64.1 Å². The number of rotatable bonds is 8. The molecule has 0 radical (unpaired) electrons. The molecule has 0 bridgehead atoms. The third kappa shape index (κ3) is 6.43. The Bertz CT molecular complexity index is 1070. The summed E-state index contributed by atoms with van der Waals surface area (Å²) >= 11 is 0. The monoisotopic (exact) mass is 481 g/mol. The quantitative estimate of drug-likeness (QED) is 0.441. The summed E-state index contributed by atoms with van der Waals surface area (Å²) in [4.78, 5) is 24.4. The molecule has 3 rings (SSSR count). The second-order valence-corrected chi connectivity index (χ2v) is 9.17. The summed E-state index contributed by atoms with van der Waals surface area (Å²) in [5, 5.41) is 2.78. The highest BCUT2D eigenvalue weighted by Crippen LogP contribution is 2.39. The first-order valence-electron chi connectivity index (χ1n) is 11.3. The van der Waals surface area contributed by atoms with Crippen molar-refractivity contribution in [3.63, 3.8) is 0 Å². The maximum Gasteiger partial charge on any atom is 0.492 e. The van der Waals surface area contributed by atoms with Crippen LogP contribution in [0.5, 0.6) is 5.75 Å². The summed E-state index contributed by atoms with van der Waals surface area (Å²) in [6, 6.07) is 14.5. The van der Waals surface area contributed by atoms with Gasteiger partial charge in [0.1, 0.15) is 17.9 Å². The van der Waals surface area contributed by atoms with Crippen molar-refractivity contribution < 1.29 is 33.1 Å². The Balaban J connectivity index is 1.81. The molecule has 1 N–H and O–H groups in total. The molecule has 1 aliphatic rings. The van der Waals surface area contributed by atoms with Crippen LogP contribution in [0.3, 0.4) is 0 Å². The number of nitrogens with one attached hydrogen (secondary N) is 1. The van der Waals surface area contributed by atoms with Gasteiger partial charge < -0.3 is 28.8 Å². The van der Waals surface area contributed by atoms with Crippen LogP contribution >= 0.6 is 0 Å². The maximum absolute atomic E-state index is 12.4. The summed E-state index contributed by atoms with van der Waals surface area (Å²) in [6.07, 6.45) is 1.28. The summed E-state index contributed by atoms with van der Waals surface area (Å²) in [5.41, 5.74) is 1.49. The average molecular weight is 481 g/mol. The molecular weight excluding hydrogens is 449 g/mol. The fraction of sp³-hybridized carbons (Fsp3) is 0.385. The van der Waals surface area contributed by atoms with Gasteiger partial charge in [0.15, 0.2) is 0 Å². The van der Waals surface area contributed by atoms with Crippen LogP contribution in [-0.4, -0.2) is 51.1 Å². The summed E-state index contributed by atoms with van der Waals surface area (Å²) in [5.74, 6) is -0.125. The molecule has 9 heteroatoms. The molecule has 8 nitrogen and oxygen atoms in total. The topological polar surface area (TPSA) is 92.3 Å². The number of carbonyl (C=O) groups excluding carboxylic acids is 2. The first-order valence-corrected chi connectivity index (χ1v) is 11.3. The third-order valence-corrected chi connectivity index (χ3v) is 6.19. The highest BCUT2D eigenvalue weighted by atomic mass is 16.7. The summed E-state index contributed by atoms with van der Waals surface area (Å²) in [7, 11) is 2.10. The third-order valence-electron chi connectivity index (χ3n) is 6.19. The molecule has 0 atom stereocenters. The summed E-state index contributed by atoms with van der Waals surface area (Å²) in [6.45, 7) is 8.13. The van der Waals surface area contributed by atoms with Gasteiger partial charge in [0.25, 0.3) is 0 Å². The van der Waals surface area contributed by atoms with Gasteiger partial charge in [-0.3, -0.25) is 0 Å². The van der Waals surface area contributed by atoms with Gasteiger partial charge in [-0.15, -0.1) is 0 Å². The first-order chi connectivity index (χ1) is 16.6. The van der Waals surface area contributed by atoms with E-state index < -0.39 is 30.4 Å². The smallest absolute Gasteiger partial charge is 0.492 e. The van der Waals surface area contributed by atoms with Crippen LogP contribution in [0.15, 0.2) is 54.0 Å².